The molecule has 8 nitrogen and oxygen atoms in total. The van der Waals surface area contributed by atoms with E-state index in [0.717, 1.165) is 11.3 Å². The van der Waals surface area contributed by atoms with Crippen LogP contribution in [0.4, 0.5) is 11.6 Å². The number of aromatic nitrogens is 1. The summed E-state index contributed by atoms with van der Waals surface area (Å²) in [5.74, 6) is 0.576. The molecule has 158 valence electrons. The normalized spacial score (nSPS) is 15.2. The number of hydrogen-bond acceptors (Lipinski definition) is 6. The average molecular weight is 419 g/mol. The Hall–Kier alpha value is -3.94. The van der Waals surface area contributed by atoms with E-state index < -0.39 is 11.0 Å². The van der Waals surface area contributed by atoms with Gasteiger partial charge in [-0.05, 0) is 41.5 Å². The van der Waals surface area contributed by atoms with Gasteiger partial charge < -0.3 is 19.6 Å². The predicted octanol–water partition coefficient (Wildman–Crippen LogP) is 4.23. The van der Waals surface area contributed by atoms with Gasteiger partial charge >= 0.3 is 5.82 Å². The molecule has 31 heavy (non-hydrogen) atoms. The number of hydrogen-bond donors (Lipinski definition) is 0. The first kappa shape index (κ1) is 20.3. The van der Waals surface area contributed by atoms with Crippen molar-refractivity contribution in [3.63, 3.8) is 0 Å². The van der Waals surface area contributed by atoms with Crippen molar-refractivity contribution >= 4 is 17.5 Å². The van der Waals surface area contributed by atoms with Crippen LogP contribution in [-0.2, 0) is 4.79 Å². The van der Waals surface area contributed by atoms with Crippen LogP contribution in [0.2, 0.25) is 0 Å². The van der Waals surface area contributed by atoms with Gasteiger partial charge in [-0.25, -0.2) is 0 Å². The SMILES string of the molecule is Cc1ccc(OCCCN2C(=O)C(c3ccccc3)Oc3ccc([N+](=O)[O-])nc32)cc1. The summed E-state index contributed by atoms with van der Waals surface area (Å²) in [6, 6.07) is 19.6. The lowest BCUT2D eigenvalue weighted by molar-refractivity contribution is -0.389. The van der Waals surface area contributed by atoms with Crippen molar-refractivity contribution in [2.75, 3.05) is 18.1 Å². The Morgan fingerprint density at radius 2 is 1.84 bits per heavy atom. The minimum absolute atomic E-state index is 0.154. The summed E-state index contributed by atoms with van der Waals surface area (Å²) in [6.45, 7) is 2.67. The third-order valence-electron chi connectivity index (χ3n) is 4.92. The minimum Gasteiger partial charge on any atom is -0.494 e. The number of carbonyl (C=O) groups is 1. The number of amides is 1. The number of ether oxygens (including phenoxy) is 2. The van der Waals surface area contributed by atoms with Crippen LogP contribution in [0.15, 0.2) is 66.7 Å². The van der Waals surface area contributed by atoms with Gasteiger partial charge in [-0.15, -0.1) is 0 Å². The van der Waals surface area contributed by atoms with Crippen molar-refractivity contribution in [1.82, 2.24) is 4.98 Å². The molecule has 1 aliphatic rings. The Balaban J connectivity index is 1.54. The maximum Gasteiger partial charge on any atom is 0.366 e. The van der Waals surface area contributed by atoms with Gasteiger partial charge in [0.2, 0.25) is 6.10 Å². The molecule has 2 heterocycles. The number of pyridine rings is 1. The summed E-state index contributed by atoms with van der Waals surface area (Å²) in [6.07, 6.45) is -0.319. The van der Waals surface area contributed by atoms with Gasteiger partial charge in [0.15, 0.2) is 5.75 Å². The Morgan fingerprint density at radius 1 is 1.10 bits per heavy atom. The second-order valence-corrected chi connectivity index (χ2v) is 7.16. The molecule has 0 spiro atoms. The minimum atomic E-state index is -0.838. The number of nitrogens with zero attached hydrogens (tertiary/aromatic N) is 3. The fourth-order valence-electron chi connectivity index (χ4n) is 3.34. The van der Waals surface area contributed by atoms with Gasteiger partial charge in [-0.1, -0.05) is 48.0 Å². The molecule has 0 saturated heterocycles. The molecular weight excluding hydrogens is 398 g/mol. The van der Waals surface area contributed by atoms with E-state index in [9.17, 15) is 14.9 Å². The fraction of sp³-hybridized carbons (Fsp3) is 0.217. The molecule has 3 aromatic rings. The molecule has 1 aliphatic heterocycles. The van der Waals surface area contributed by atoms with E-state index in [1.165, 1.54) is 17.0 Å². The Labute approximate surface area is 179 Å². The lowest BCUT2D eigenvalue weighted by Gasteiger charge is -2.31. The zero-order valence-corrected chi connectivity index (χ0v) is 16.9. The smallest absolute Gasteiger partial charge is 0.366 e. The maximum absolute atomic E-state index is 13.2. The molecule has 0 N–H and O–H groups in total. The Kier molecular flexibility index (Phi) is 5.79. The lowest BCUT2D eigenvalue weighted by atomic mass is 10.1. The second kappa shape index (κ2) is 8.83. The second-order valence-electron chi connectivity index (χ2n) is 7.16. The molecule has 0 aliphatic carbocycles. The van der Waals surface area contributed by atoms with Gasteiger partial charge in [0.1, 0.15) is 5.75 Å². The largest absolute Gasteiger partial charge is 0.494 e. The summed E-state index contributed by atoms with van der Waals surface area (Å²) < 4.78 is 11.6. The van der Waals surface area contributed by atoms with Crippen molar-refractivity contribution in [2.45, 2.75) is 19.4 Å². The molecule has 8 heteroatoms. The Morgan fingerprint density at radius 3 is 2.55 bits per heavy atom. The Bertz CT molecular complexity index is 1090. The van der Waals surface area contributed by atoms with Crippen LogP contribution < -0.4 is 14.4 Å². The molecule has 2 aromatic carbocycles. The van der Waals surface area contributed by atoms with E-state index in [1.807, 2.05) is 61.5 Å². The lowest BCUT2D eigenvalue weighted by Crippen LogP contribution is -2.42. The zero-order valence-electron chi connectivity index (χ0n) is 16.9. The van der Waals surface area contributed by atoms with Crippen LogP contribution >= 0.6 is 0 Å². The van der Waals surface area contributed by atoms with Gasteiger partial charge in [0, 0.05) is 18.2 Å². The van der Waals surface area contributed by atoms with E-state index in [2.05, 4.69) is 4.98 Å². The van der Waals surface area contributed by atoms with Crippen LogP contribution in [-0.4, -0.2) is 29.0 Å². The number of nitro groups is 1. The third kappa shape index (κ3) is 4.48. The molecule has 0 radical (unpaired) electrons. The third-order valence-corrected chi connectivity index (χ3v) is 4.92. The van der Waals surface area contributed by atoms with Crippen LogP contribution in [0, 0.1) is 17.0 Å². The van der Waals surface area contributed by atoms with Crippen molar-refractivity contribution in [1.29, 1.82) is 0 Å². The first-order valence-corrected chi connectivity index (χ1v) is 9.91. The topological polar surface area (TPSA) is 94.8 Å². The number of aryl methyl sites for hydroxylation is 1. The van der Waals surface area contributed by atoms with E-state index >= 15 is 0 Å². The predicted molar refractivity (Wildman–Crippen MR) is 114 cm³/mol. The van der Waals surface area contributed by atoms with E-state index in [1.54, 1.807) is 0 Å². The quantitative estimate of drug-likeness (QED) is 0.323. The molecule has 4 rings (SSSR count). The highest BCUT2D eigenvalue weighted by molar-refractivity contribution is 5.99. The van der Waals surface area contributed by atoms with Gasteiger partial charge in [-0.2, -0.15) is 0 Å². The molecule has 1 amide bonds. The summed E-state index contributed by atoms with van der Waals surface area (Å²) in [5.41, 5.74) is 1.85. The van der Waals surface area contributed by atoms with E-state index in [0.29, 0.717) is 30.9 Å². The highest BCUT2D eigenvalue weighted by Gasteiger charge is 2.39. The fourth-order valence-corrected chi connectivity index (χ4v) is 3.34. The molecule has 0 saturated carbocycles. The number of fused-ring (bicyclic) bond motifs is 1. The first-order chi connectivity index (χ1) is 15.0. The molecular formula is C23H21N3O5. The van der Waals surface area contributed by atoms with Crippen molar-refractivity contribution in [3.05, 3.63) is 88.0 Å². The monoisotopic (exact) mass is 419 g/mol. The van der Waals surface area contributed by atoms with Crippen LogP contribution in [0.5, 0.6) is 11.5 Å². The first-order valence-electron chi connectivity index (χ1n) is 9.91. The van der Waals surface area contributed by atoms with E-state index in [4.69, 9.17) is 9.47 Å². The van der Waals surface area contributed by atoms with E-state index in [-0.39, 0.29) is 17.5 Å². The average Bonchev–Trinajstić information content (AvgIpc) is 2.79. The number of benzene rings is 2. The molecule has 1 unspecified atom stereocenters. The van der Waals surface area contributed by atoms with Crippen molar-refractivity contribution in [2.24, 2.45) is 0 Å². The zero-order chi connectivity index (χ0) is 21.8. The van der Waals surface area contributed by atoms with Crippen LogP contribution in [0.1, 0.15) is 23.7 Å². The van der Waals surface area contributed by atoms with Gasteiger partial charge in [-0.3, -0.25) is 9.69 Å². The molecule has 1 aromatic heterocycles. The molecule has 0 bridgehead atoms. The summed E-state index contributed by atoms with van der Waals surface area (Å²) >= 11 is 0. The highest BCUT2D eigenvalue weighted by atomic mass is 16.6. The molecule has 0 fully saturated rings. The summed E-state index contributed by atoms with van der Waals surface area (Å²) in [7, 11) is 0. The standard InChI is InChI=1S/C23H21N3O5/c1-16-8-10-18(11-9-16)30-15-5-14-25-22-19(12-13-20(24-22)26(28)29)31-21(23(25)27)17-6-3-2-4-7-17/h2-4,6-13,21H,5,14-15H2,1H3. The van der Waals surface area contributed by atoms with Crippen molar-refractivity contribution < 1.29 is 19.2 Å². The summed E-state index contributed by atoms with van der Waals surface area (Å²) in [5, 5.41) is 11.2. The van der Waals surface area contributed by atoms with Gasteiger partial charge in [0.05, 0.1) is 6.61 Å². The number of rotatable bonds is 7. The van der Waals surface area contributed by atoms with Crippen molar-refractivity contribution in [3.8, 4) is 11.5 Å². The van der Waals surface area contributed by atoms with Crippen LogP contribution in [0.3, 0.4) is 0 Å². The number of anilines is 1. The summed E-state index contributed by atoms with van der Waals surface area (Å²) in [4.78, 5) is 29.3. The highest BCUT2D eigenvalue weighted by Crippen LogP contribution is 2.38. The molecule has 1 atom stereocenters. The van der Waals surface area contributed by atoms with Crippen LogP contribution in [0.25, 0.3) is 0 Å². The maximum atomic E-state index is 13.2. The number of carbonyl (C=O) groups excluding carboxylic acids is 1. The van der Waals surface area contributed by atoms with Gasteiger partial charge in [0.25, 0.3) is 11.7 Å².